The Balaban J connectivity index is 1.69. The Labute approximate surface area is 168 Å². The Morgan fingerprint density at radius 1 is 1.25 bits per heavy atom. The minimum absolute atomic E-state index is 0.0580. The largest absolute Gasteiger partial charge is 0.444 e. The highest BCUT2D eigenvalue weighted by Gasteiger charge is 2.27. The van der Waals surface area contributed by atoms with E-state index in [-0.39, 0.29) is 23.9 Å². The number of likely N-dealkylation sites (tertiary alicyclic amines) is 2. The normalized spacial score (nSPS) is 20.3. The number of hydrogen-bond donors (Lipinski definition) is 1. The molecule has 1 atom stereocenters. The molecule has 1 N–H and O–H groups in total. The number of hydrogen-bond acceptors (Lipinski definition) is 4. The third-order valence-electron chi connectivity index (χ3n) is 5.10. The molecule has 0 aromatic heterocycles. The number of carbonyl (C=O) groups excluding carboxylic acids is 3. The molecule has 2 saturated heterocycles. The summed E-state index contributed by atoms with van der Waals surface area (Å²) >= 11 is 0. The van der Waals surface area contributed by atoms with Crippen molar-refractivity contribution >= 4 is 18.0 Å². The number of rotatable bonds is 6. The van der Waals surface area contributed by atoms with Crippen molar-refractivity contribution in [3.63, 3.8) is 0 Å². The van der Waals surface area contributed by atoms with E-state index in [2.05, 4.69) is 5.32 Å². The van der Waals surface area contributed by atoms with Crippen LogP contribution in [0.4, 0.5) is 9.59 Å². The summed E-state index contributed by atoms with van der Waals surface area (Å²) < 4.78 is 5.40. The summed E-state index contributed by atoms with van der Waals surface area (Å²) in [4.78, 5) is 41.5. The number of nitrogens with one attached hydrogen (secondary N) is 1. The molecule has 2 rings (SSSR count). The molecule has 0 bridgehead atoms. The van der Waals surface area contributed by atoms with Crippen LogP contribution >= 0.6 is 0 Å². The van der Waals surface area contributed by atoms with Gasteiger partial charge in [-0.15, -0.1) is 0 Å². The lowest BCUT2D eigenvalue weighted by Crippen LogP contribution is -2.48. The van der Waals surface area contributed by atoms with Crippen LogP contribution < -0.4 is 5.32 Å². The molecule has 4 amide bonds. The van der Waals surface area contributed by atoms with Crippen molar-refractivity contribution in [2.24, 2.45) is 5.92 Å². The molecule has 1 unspecified atom stereocenters. The summed E-state index contributed by atoms with van der Waals surface area (Å²) in [6.07, 6.45) is 3.97. The standard InChI is InChI=1S/C20H36N4O4/c1-20(2,3)28-19(27)22(4)14-16-8-5-12-24(15-16)18(26)21-10-7-13-23-11-6-9-17(23)25/h16H,5-15H2,1-4H3,(H,21,26). The molecular formula is C20H36N4O4. The first-order valence-corrected chi connectivity index (χ1v) is 10.4. The number of ether oxygens (including phenoxy) is 1. The highest BCUT2D eigenvalue weighted by atomic mass is 16.6. The summed E-state index contributed by atoms with van der Waals surface area (Å²) in [6, 6.07) is -0.0580. The number of carbonyl (C=O) groups is 3. The molecule has 0 saturated carbocycles. The maximum absolute atomic E-state index is 12.4. The molecule has 8 heteroatoms. The van der Waals surface area contributed by atoms with Crippen LogP contribution in [0.2, 0.25) is 0 Å². The van der Waals surface area contributed by atoms with Crippen LogP contribution in [-0.2, 0) is 9.53 Å². The van der Waals surface area contributed by atoms with Gasteiger partial charge in [-0.3, -0.25) is 4.79 Å². The fourth-order valence-electron chi connectivity index (χ4n) is 3.72. The second-order valence-electron chi connectivity index (χ2n) is 8.88. The van der Waals surface area contributed by atoms with E-state index < -0.39 is 5.60 Å². The van der Waals surface area contributed by atoms with Crippen molar-refractivity contribution in [1.82, 2.24) is 20.0 Å². The molecule has 2 aliphatic heterocycles. The minimum Gasteiger partial charge on any atom is -0.444 e. The number of urea groups is 1. The highest BCUT2D eigenvalue weighted by Crippen LogP contribution is 2.19. The van der Waals surface area contributed by atoms with Gasteiger partial charge in [-0.1, -0.05) is 0 Å². The van der Waals surface area contributed by atoms with Crippen LogP contribution in [-0.4, -0.2) is 84.6 Å². The number of nitrogens with zero attached hydrogens (tertiary/aromatic N) is 3. The van der Waals surface area contributed by atoms with Crippen LogP contribution in [0.3, 0.4) is 0 Å². The van der Waals surface area contributed by atoms with Gasteiger partial charge in [0.1, 0.15) is 5.60 Å². The van der Waals surface area contributed by atoms with Gasteiger partial charge < -0.3 is 24.8 Å². The summed E-state index contributed by atoms with van der Waals surface area (Å²) in [5.41, 5.74) is -0.510. The van der Waals surface area contributed by atoms with E-state index >= 15 is 0 Å². The van der Waals surface area contributed by atoms with Gasteiger partial charge in [0.05, 0.1) is 0 Å². The molecule has 28 heavy (non-hydrogen) atoms. The lowest BCUT2D eigenvalue weighted by molar-refractivity contribution is -0.127. The van der Waals surface area contributed by atoms with Crippen molar-refractivity contribution < 1.29 is 19.1 Å². The lowest BCUT2D eigenvalue weighted by atomic mass is 9.98. The zero-order valence-electron chi connectivity index (χ0n) is 17.8. The quantitative estimate of drug-likeness (QED) is 0.699. The van der Waals surface area contributed by atoms with E-state index in [9.17, 15) is 14.4 Å². The SMILES string of the molecule is CN(CC1CCCN(C(=O)NCCCN2CCCC2=O)C1)C(=O)OC(C)(C)C. The van der Waals surface area contributed by atoms with Crippen molar-refractivity contribution in [2.75, 3.05) is 46.3 Å². The van der Waals surface area contributed by atoms with E-state index in [1.165, 1.54) is 0 Å². The third kappa shape index (κ3) is 7.20. The second-order valence-corrected chi connectivity index (χ2v) is 8.88. The predicted octanol–water partition coefficient (Wildman–Crippen LogP) is 2.29. The highest BCUT2D eigenvalue weighted by molar-refractivity contribution is 5.78. The molecule has 0 aliphatic carbocycles. The molecule has 160 valence electrons. The molecule has 2 fully saturated rings. The van der Waals surface area contributed by atoms with E-state index in [1.807, 2.05) is 30.6 Å². The molecule has 0 aromatic carbocycles. The van der Waals surface area contributed by atoms with E-state index in [1.54, 1.807) is 11.9 Å². The average Bonchev–Trinajstić information content (AvgIpc) is 3.02. The number of amides is 4. The van der Waals surface area contributed by atoms with Crippen LogP contribution in [0.25, 0.3) is 0 Å². The molecule has 0 radical (unpaired) electrons. The van der Waals surface area contributed by atoms with Crippen molar-refractivity contribution in [1.29, 1.82) is 0 Å². The molecular weight excluding hydrogens is 360 g/mol. The summed E-state index contributed by atoms with van der Waals surface area (Å²) in [6.45, 7) is 9.64. The zero-order valence-corrected chi connectivity index (χ0v) is 17.8. The van der Waals surface area contributed by atoms with Gasteiger partial charge in [0.25, 0.3) is 0 Å². The van der Waals surface area contributed by atoms with Gasteiger partial charge in [-0.05, 0) is 52.4 Å². The minimum atomic E-state index is -0.510. The molecule has 8 nitrogen and oxygen atoms in total. The fourth-order valence-corrected chi connectivity index (χ4v) is 3.72. The Bertz CT molecular complexity index is 561. The average molecular weight is 397 g/mol. The first kappa shape index (κ1) is 22.3. The Kier molecular flexibility index (Phi) is 7.95. The van der Waals surface area contributed by atoms with Crippen LogP contribution in [0.15, 0.2) is 0 Å². The maximum Gasteiger partial charge on any atom is 0.410 e. The van der Waals surface area contributed by atoms with E-state index in [0.717, 1.165) is 38.8 Å². The monoisotopic (exact) mass is 396 g/mol. The number of piperidine rings is 1. The Morgan fingerprint density at radius 2 is 2.00 bits per heavy atom. The van der Waals surface area contributed by atoms with E-state index in [0.29, 0.717) is 32.6 Å². The van der Waals surface area contributed by atoms with Gasteiger partial charge in [-0.2, -0.15) is 0 Å². The van der Waals surface area contributed by atoms with Gasteiger partial charge in [0, 0.05) is 52.7 Å². The van der Waals surface area contributed by atoms with Crippen LogP contribution in [0, 0.1) is 5.92 Å². The molecule has 0 aromatic rings. The smallest absolute Gasteiger partial charge is 0.410 e. The summed E-state index contributed by atoms with van der Waals surface area (Å²) in [5, 5.41) is 2.96. The maximum atomic E-state index is 12.4. The molecule has 2 heterocycles. The summed E-state index contributed by atoms with van der Waals surface area (Å²) in [5.74, 6) is 0.471. The second kappa shape index (κ2) is 9.98. The van der Waals surface area contributed by atoms with Crippen LogP contribution in [0.1, 0.15) is 52.9 Å². The van der Waals surface area contributed by atoms with Crippen molar-refractivity contribution in [2.45, 2.75) is 58.5 Å². The Hall–Kier alpha value is -1.99. The predicted molar refractivity (Wildman–Crippen MR) is 107 cm³/mol. The first-order valence-electron chi connectivity index (χ1n) is 10.4. The third-order valence-corrected chi connectivity index (χ3v) is 5.10. The first-order chi connectivity index (χ1) is 13.2. The van der Waals surface area contributed by atoms with Gasteiger partial charge in [0.15, 0.2) is 0 Å². The molecule has 2 aliphatic rings. The van der Waals surface area contributed by atoms with Crippen LogP contribution in [0.5, 0.6) is 0 Å². The lowest BCUT2D eigenvalue weighted by Gasteiger charge is -2.35. The zero-order chi connectivity index (χ0) is 20.7. The van der Waals surface area contributed by atoms with Crippen molar-refractivity contribution in [3.05, 3.63) is 0 Å². The summed E-state index contributed by atoms with van der Waals surface area (Å²) in [7, 11) is 1.74. The fraction of sp³-hybridized carbons (Fsp3) is 0.850. The van der Waals surface area contributed by atoms with Gasteiger partial charge in [-0.25, -0.2) is 9.59 Å². The van der Waals surface area contributed by atoms with Gasteiger partial charge >= 0.3 is 12.1 Å². The molecule has 0 spiro atoms. The van der Waals surface area contributed by atoms with Crippen molar-refractivity contribution in [3.8, 4) is 0 Å². The van der Waals surface area contributed by atoms with E-state index in [4.69, 9.17) is 4.74 Å². The van der Waals surface area contributed by atoms with Gasteiger partial charge in [0.2, 0.25) is 5.91 Å². The topological polar surface area (TPSA) is 82.2 Å². The Morgan fingerprint density at radius 3 is 2.64 bits per heavy atom.